The van der Waals surface area contributed by atoms with Gasteiger partial charge in [-0.2, -0.15) is 0 Å². The molecular formula is C97H78O28. The number of aliphatic hydroxyl groups excluding tert-OH is 1. The van der Waals surface area contributed by atoms with Crippen LogP contribution in [0.2, 0.25) is 0 Å². The summed E-state index contributed by atoms with van der Waals surface area (Å²) in [4.78, 5) is 37.0. The Bertz CT molecular complexity index is 5930. The first kappa shape index (κ1) is 79.3. The fourth-order valence-corrected chi connectivity index (χ4v) is 14.7. The van der Waals surface area contributed by atoms with Crippen LogP contribution in [-0.2, 0) is 38.5 Å². The minimum Gasteiger partial charge on any atom is -0.454 e. The molecule has 0 saturated carbocycles. The zero-order valence-electron chi connectivity index (χ0n) is 66.9. The topological polar surface area (TPSA) is 293 Å². The minimum absolute atomic E-state index is 0.0205. The number of hydrogen-bond acceptors (Lipinski definition) is 28. The molecule has 0 bridgehead atoms. The van der Waals surface area contributed by atoms with E-state index in [1.54, 1.807) is 78.9 Å². The Kier molecular flexibility index (Phi) is 23.1. The van der Waals surface area contributed by atoms with Crippen LogP contribution in [0.5, 0.6) is 138 Å². The second kappa shape index (κ2) is 36.5. The van der Waals surface area contributed by atoms with E-state index < -0.39 is 11.9 Å². The number of ether oxygens (including phenoxy) is 24. The molecule has 28 nitrogen and oxygen atoms in total. The summed E-state index contributed by atoms with van der Waals surface area (Å²) in [5.74, 6) is 17.1. The molecule has 12 aromatic rings. The van der Waals surface area contributed by atoms with Gasteiger partial charge in [0.25, 0.3) is 0 Å². The SMILES string of the molecule is O=C(/C=C/c1ccc2c(c1)OCO2)c1ccc2c(c1)OCO2.O=C(Cc1ccc2c(c1)OCO2)c1ccc2c(c1)OCO2.O=C(c1ccc2c(c1)OCO2)C(O)c1ccc2c(c1)OCO2.c1cc2c(cc1CCCc1ccc3c(c1)OCO3)OCO2.c1cc2c(cc1CCc1ccc3c(c1)OCO3)OCO2.c1cc2c(cc1Cc1ccc3c(c1)OCO3)OCO2. The van der Waals surface area contributed by atoms with E-state index in [0.717, 1.165) is 124 Å². The minimum atomic E-state index is -1.28. The predicted octanol–water partition coefficient (Wildman–Crippen LogP) is 16.7. The molecule has 1 atom stereocenters. The summed E-state index contributed by atoms with van der Waals surface area (Å²) in [5.41, 5.74) is 11.1. The lowest BCUT2D eigenvalue weighted by Gasteiger charge is -2.11. The summed E-state index contributed by atoms with van der Waals surface area (Å²) in [6, 6.07) is 67.8. The standard InChI is InChI=1S/C17H12O5.C17H16O4.C16H12O6.C16H12O5.C16H14O4.C15H12O4/c18-13(12-3-6-15-17(8-12)22-10-20-15)4-1-11-2-5-14-16(7-11)21-9-19-14;1(2-12-4-6-14-16(8-12)20-10-18-14)3-13-5-7-15-17(9-13)21-11-19-15;17-15(9-1-3-11-13(5-9)21-7-19-11)16(18)10-2-4-12-14(6-10)22-8-20-12;17-12(11-2-4-14-16(7-11)21-9-19-14)5-10-1-3-13-15(6-10)20-8-18-13;1(11-3-5-13-15(7-11)19-9-17-13)2-12-4-6-14-16(8-12)20-10-18-14;1-3-12-14(18-8-16-12)6-10(1)5-11-2-4-13-15(7-11)19-9-17-13/h1-8H,9-10H2;4-9H,1-3,10-11H2;1-6,15,17H,7-8H2;1-4,6-7H,5,8-9H2;3-8H,1-2,9-10H2;1-4,6-7H,5,8-9H2/b4-1+;;;;;. The lowest BCUT2D eigenvalue weighted by atomic mass is 9.99. The van der Waals surface area contributed by atoms with Crippen molar-refractivity contribution in [1.82, 2.24) is 0 Å². The van der Waals surface area contributed by atoms with Gasteiger partial charge in [0.1, 0.15) is 6.10 Å². The molecule has 0 fully saturated rings. The normalized spacial score (nSPS) is 14.7. The van der Waals surface area contributed by atoms with E-state index in [0.29, 0.717) is 133 Å². The van der Waals surface area contributed by atoms with Crippen molar-refractivity contribution in [3.8, 4) is 138 Å². The van der Waals surface area contributed by atoms with Gasteiger partial charge in [-0.25, -0.2) is 0 Å². The third-order valence-electron chi connectivity index (χ3n) is 21.3. The molecule has 12 aliphatic rings. The first-order valence-corrected chi connectivity index (χ1v) is 40.1. The lowest BCUT2D eigenvalue weighted by Crippen LogP contribution is -2.12. The van der Waals surface area contributed by atoms with Crippen molar-refractivity contribution in [2.24, 2.45) is 0 Å². The van der Waals surface area contributed by atoms with Gasteiger partial charge in [0.05, 0.1) is 0 Å². The van der Waals surface area contributed by atoms with Crippen LogP contribution in [0, 0.1) is 0 Å². The molecule has 28 heteroatoms. The fraction of sp³-hybridized carbons (Fsp3) is 0.206. The number of rotatable bonds is 18. The highest BCUT2D eigenvalue weighted by Crippen LogP contribution is 2.44. The van der Waals surface area contributed by atoms with E-state index in [2.05, 4.69) is 60.7 Å². The third-order valence-corrected chi connectivity index (χ3v) is 21.3. The van der Waals surface area contributed by atoms with Gasteiger partial charge in [0, 0.05) is 23.1 Å². The van der Waals surface area contributed by atoms with Crippen LogP contribution in [0.15, 0.2) is 224 Å². The highest BCUT2D eigenvalue weighted by atomic mass is 16.7. The summed E-state index contributed by atoms with van der Waals surface area (Å²) in [5, 5.41) is 10.3. The molecule has 24 rings (SSSR count). The average Bonchev–Trinajstić information content (AvgIpc) is 1.79. The highest BCUT2D eigenvalue weighted by molar-refractivity contribution is 6.07. The van der Waals surface area contributed by atoms with Gasteiger partial charge in [0.2, 0.25) is 81.5 Å². The maximum atomic E-state index is 12.4. The van der Waals surface area contributed by atoms with E-state index in [1.165, 1.54) is 39.5 Å². The monoisotopic (exact) mass is 1690 g/mol. The van der Waals surface area contributed by atoms with Crippen molar-refractivity contribution >= 4 is 23.4 Å². The molecule has 0 spiro atoms. The van der Waals surface area contributed by atoms with E-state index in [9.17, 15) is 19.5 Å². The number of carbonyl (C=O) groups excluding carboxylic acids is 3. The number of aliphatic hydroxyl groups is 1. The number of ketones is 3. The maximum absolute atomic E-state index is 12.4. The Morgan fingerprint density at radius 3 is 0.888 bits per heavy atom. The van der Waals surface area contributed by atoms with Crippen molar-refractivity contribution < 1.29 is 133 Å². The van der Waals surface area contributed by atoms with E-state index in [4.69, 9.17) is 114 Å². The first-order chi connectivity index (χ1) is 61.5. The molecule has 634 valence electrons. The quantitative estimate of drug-likeness (QED) is 0.0616. The largest absolute Gasteiger partial charge is 0.454 e. The van der Waals surface area contributed by atoms with E-state index in [1.807, 2.05) is 84.9 Å². The van der Waals surface area contributed by atoms with Crippen molar-refractivity contribution in [1.29, 1.82) is 0 Å². The number of hydrogen-bond donors (Lipinski definition) is 1. The summed E-state index contributed by atoms with van der Waals surface area (Å²) in [6.45, 7) is 3.06. The Labute approximate surface area is 714 Å². The van der Waals surface area contributed by atoms with Gasteiger partial charge in [-0.15, -0.1) is 0 Å². The van der Waals surface area contributed by atoms with Crippen LogP contribution in [0.3, 0.4) is 0 Å². The second-order valence-corrected chi connectivity index (χ2v) is 29.3. The summed E-state index contributed by atoms with van der Waals surface area (Å²) in [6.07, 6.45) is 8.14. The summed E-state index contributed by atoms with van der Waals surface area (Å²) >= 11 is 0. The van der Waals surface area contributed by atoms with Crippen LogP contribution in [0.4, 0.5) is 0 Å². The van der Waals surface area contributed by atoms with Crippen LogP contribution >= 0.6 is 0 Å². The number of fused-ring (bicyclic) bond motifs is 12. The van der Waals surface area contributed by atoms with Crippen LogP contribution in [0.1, 0.15) is 93.7 Å². The number of aryl methyl sites for hydroxylation is 4. The summed E-state index contributed by atoms with van der Waals surface area (Å²) in [7, 11) is 0. The highest BCUT2D eigenvalue weighted by Gasteiger charge is 2.28. The molecule has 0 radical (unpaired) electrons. The molecule has 12 aromatic carbocycles. The fourth-order valence-electron chi connectivity index (χ4n) is 14.7. The predicted molar refractivity (Wildman–Crippen MR) is 444 cm³/mol. The Morgan fingerprint density at radius 1 is 0.248 bits per heavy atom. The molecule has 0 amide bonds. The van der Waals surface area contributed by atoms with Gasteiger partial charge >= 0.3 is 0 Å². The van der Waals surface area contributed by atoms with Crippen molar-refractivity contribution in [3.63, 3.8) is 0 Å². The molecule has 125 heavy (non-hydrogen) atoms. The van der Waals surface area contributed by atoms with Crippen molar-refractivity contribution in [2.75, 3.05) is 81.5 Å². The number of allylic oxidation sites excluding steroid dienone is 1. The van der Waals surface area contributed by atoms with Crippen molar-refractivity contribution in [3.05, 3.63) is 291 Å². The van der Waals surface area contributed by atoms with Crippen LogP contribution < -0.4 is 114 Å². The number of benzene rings is 12. The van der Waals surface area contributed by atoms with Gasteiger partial charge in [-0.05, 0) is 258 Å². The molecule has 12 aliphatic heterocycles. The first-order valence-electron chi connectivity index (χ1n) is 40.1. The van der Waals surface area contributed by atoms with Gasteiger partial charge in [-0.3, -0.25) is 14.4 Å². The number of Topliss-reactive ketones (excluding diaryl/α,β-unsaturated/α-hetero) is 2. The molecular weight excluding hydrogens is 1610 g/mol. The van der Waals surface area contributed by atoms with Gasteiger partial charge < -0.3 is 119 Å². The van der Waals surface area contributed by atoms with Crippen LogP contribution in [-0.4, -0.2) is 104 Å². The smallest absolute Gasteiger partial charge is 0.231 e. The third kappa shape index (κ3) is 18.7. The van der Waals surface area contributed by atoms with E-state index >= 15 is 0 Å². The molecule has 1 unspecified atom stereocenters. The van der Waals surface area contributed by atoms with Crippen molar-refractivity contribution in [2.45, 2.75) is 51.0 Å². The Morgan fingerprint density at radius 2 is 0.504 bits per heavy atom. The molecule has 0 aliphatic carbocycles. The molecule has 12 heterocycles. The lowest BCUT2D eigenvalue weighted by molar-refractivity contribution is 0.0746. The Hall–Kier alpha value is -15.5. The number of carbonyl (C=O) groups is 3. The van der Waals surface area contributed by atoms with E-state index in [-0.39, 0.29) is 52.3 Å². The van der Waals surface area contributed by atoms with Crippen LogP contribution in [0.25, 0.3) is 6.08 Å². The molecule has 1 N–H and O–H groups in total. The second-order valence-electron chi connectivity index (χ2n) is 29.3. The van der Waals surface area contributed by atoms with Gasteiger partial charge in [0.15, 0.2) is 155 Å². The maximum Gasteiger partial charge on any atom is 0.231 e. The zero-order chi connectivity index (χ0) is 84.4. The zero-order valence-corrected chi connectivity index (χ0v) is 66.9. The Balaban J connectivity index is 0.0000000982. The average molecular weight is 1690 g/mol. The molecule has 0 aromatic heterocycles. The molecule has 0 saturated heterocycles. The summed E-state index contributed by atoms with van der Waals surface area (Å²) < 4.78 is 127. The van der Waals surface area contributed by atoms with Gasteiger partial charge in [-0.1, -0.05) is 60.7 Å².